The quantitative estimate of drug-likeness (QED) is 0.717. The first-order chi connectivity index (χ1) is 5.18. The minimum absolute atomic E-state index is 0. The molecule has 1 saturated heterocycles. The van der Waals surface area contributed by atoms with Crippen molar-refractivity contribution in [3.8, 4) is 0 Å². The molecule has 0 amide bonds. The van der Waals surface area contributed by atoms with Gasteiger partial charge in [-0.3, -0.25) is 9.69 Å². The van der Waals surface area contributed by atoms with Crippen molar-refractivity contribution in [2.75, 3.05) is 19.6 Å². The van der Waals surface area contributed by atoms with Gasteiger partial charge in [0.05, 0.1) is 6.54 Å². The molecule has 72 valence electrons. The van der Waals surface area contributed by atoms with Crippen LogP contribution in [0.2, 0.25) is 0 Å². The Morgan fingerprint density at radius 2 is 2.00 bits per heavy atom. The van der Waals surface area contributed by atoms with E-state index in [-0.39, 0.29) is 19.0 Å². The summed E-state index contributed by atoms with van der Waals surface area (Å²) in [5, 5.41) is 8.49. The molecule has 0 saturated carbocycles. The predicted octanol–water partition coefficient (Wildman–Crippen LogP) is 1.22. The first kappa shape index (κ1) is 11.7. The Morgan fingerprint density at radius 1 is 1.50 bits per heavy atom. The number of aliphatic carboxylic acids is 1. The molecule has 1 aliphatic rings. The number of nitrogens with zero attached hydrogens (tertiary/aromatic N) is 1. The van der Waals surface area contributed by atoms with Crippen molar-refractivity contribution >= 4 is 18.4 Å². The summed E-state index contributed by atoms with van der Waals surface area (Å²) in [6.07, 6.45) is 2.29. The van der Waals surface area contributed by atoms with Crippen LogP contribution in [0.15, 0.2) is 0 Å². The summed E-state index contributed by atoms with van der Waals surface area (Å²) in [5.74, 6) is 0.0691. The molecule has 0 bridgehead atoms. The lowest BCUT2D eigenvalue weighted by molar-refractivity contribution is -0.138. The van der Waals surface area contributed by atoms with E-state index in [2.05, 4.69) is 6.92 Å². The highest BCUT2D eigenvalue weighted by Gasteiger charge is 2.16. The number of carboxylic acids is 1. The van der Waals surface area contributed by atoms with E-state index in [0.29, 0.717) is 0 Å². The van der Waals surface area contributed by atoms with Crippen LogP contribution in [0.5, 0.6) is 0 Å². The summed E-state index contributed by atoms with van der Waals surface area (Å²) < 4.78 is 0. The first-order valence-electron chi connectivity index (χ1n) is 4.12. The average molecular weight is 194 g/mol. The van der Waals surface area contributed by atoms with Gasteiger partial charge in [-0.2, -0.15) is 0 Å². The number of hydrogen-bond acceptors (Lipinski definition) is 2. The Kier molecular flexibility index (Phi) is 5.25. The number of carbonyl (C=O) groups is 1. The molecular formula is C8H16ClNO2. The molecule has 0 aromatic carbocycles. The van der Waals surface area contributed by atoms with E-state index < -0.39 is 5.97 Å². The number of halogens is 1. The van der Waals surface area contributed by atoms with Crippen LogP contribution in [-0.4, -0.2) is 35.6 Å². The molecule has 0 unspecified atom stereocenters. The van der Waals surface area contributed by atoms with Gasteiger partial charge in [0, 0.05) is 0 Å². The standard InChI is InChI=1S/C8H15NO2.ClH/c1-7-2-4-9(5-3-7)6-8(10)11;/h7H,2-6H2,1H3,(H,10,11);1H. The summed E-state index contributed by atoms with van der Waals surface area (Å²) in [7, 11) is 0. The summed E-state index contributed by atoms with van der Waals surface area (Å²) in [4.78, 5) is 12.3. The topological polar surface area (TPSA) is 40.5 Å². The van der Waals surface area contributed by atoms with Gasteiger partial charge in [-0.15, -0.1) is 12.4 Å². The normalized spacial score (nSPS) is 20.1. The highest BCUT2D eigenvalue weighted by Crippen LogP contribution is 2.15. The van der Waals surface area contributed by atoms with Crippen LogP contribution in [-0.2, 0) is 4.79 Å². The van der Waals surface area contributed by atoms with Gasteiger partial charge in [-0.1, -0.05) is 6.92 Å². The van der Waals surface area contributed by atoms with Gasteiger partial charge < -0.3 is 5.11 Å². The lowest BCUT2D eigenvalue weighted by Gasteiger charge is -2.28. The lowest BCUT2D eigenvalue weighted by Crippen LogP contribution is -2.36. The van der Waals surface area contributed by atoms with Gasteiger partial charge in [0.25, 0.3) is 0 Å². The number of piperidine rings is 1. The molecular weight excluding hydrogens is 178 g/mol. The van der Waals surface area contributed by atoms with Crippen molar-refractivity contribution in [2.45, 2.75) is 19.8 Å². The van der Waals surface area contributed by atoms with E-state index in [4.69, 9.17) is 5.11 Å². The van der Waals surface area contributed by atoms with Crippen LogP contribution >= 0.6 is 12.4 Å². The Morgan fingerprint density at radius 3 is 2.42 bits per heavy atom. The molecule has 0 aliphatic carbocycles. The highest BCUT2D eigenvalue weighted by molar-refractivity contribution is 5.85. The Bertz CT molecular complexity index is 144. The fourth-order valence-electron chi connectivity index (χ4n) is 1.41. The molecule has 1 N–H and O–H groups in total. The predicted molar refractivity (Wildman–Crippen MR) is 49.7 cm³/mol. The van der Waals surface area contributed by atoms with Gasteiger partial charge in [0.1, 0.15) is 0 Å². The summed E-state index contributed by atoms with van der Waals surface area (Å²) in [6.45, 7) is 4.34. The summed E-state index contributed by atoms with van der Waals surface area (Å²) in [5.41, 5.74) is 0. The van der Waals surface area contributed by atoms with Crippen LogP contribution in [0.1, 0.15) is 19.8 Å². The van der Waals surface area contributed by atoms with Gasteiger partial charge in [0.15, 0.2) is 0 Å². The second kappa shape index (κ2) is 5.38. The van der Waals surface area contributed by atoms with Crippen LogP contribution in [0, 0.1) is 5.92 Å². The van der Waals surface area contributed by atoms with Gasteiger partial charge in [-0.05, 0) is 31.8 Å². The monoisotopic (exact) mass is 193 g/mol. The van der Waals surface area contributed by atoms with E-state index >= 15 is 0 Å². The van der Waals surface area contributed by atoms with Crippen LogP contribution < -0.4 is 0 Å². The molecule has 1 fully saturated rings. The maximum absolute atomic E-state index is 10.3. The smallest absolute Gasteiger partial charge is 0.317 e. The van der Waals surface area contributed by atoms with Gasteiger partial charge >= 0.3 is 5.97 Å². The van der Waals surface area contributed by atoms with Gasteiger partial charge in [0.2, 0.25) is 0 Å². The first-order valence-corrected chi connectivity index (χ1v) is 4.12. The van der Waals surface area contributed by atoms with Crippen molar-refractivity contribution < 1.29 is 9.90 Å². The average Bonchev–Trinajstić information content (AvgIpc) is 1.93. The lowest BCUT2D eigenvalue weighted by atomic mass is 9.99. The third-order valence-corrected chi connectivity index (χ3v) is 2.24. The third-order valence-electron chi connectivity index (χ3n) is 2.24. The summed E-state index contributed by atoms with van der Waals surface area (Å²) >= 11 is 0. The summed E-state index contributed by atoms with van der Waals surface area (Å²) in [6, 6.07) is 0. The molecule has 4 heteroatoms. The van der Waals surface area contributed by atoms with Crippen molar-refractivity contribution in [1.29, 1.82) is 0 Å². The van der Waals surface area contributed by atoms with Crippen LogP contribution in [0.4, 0.5) is 0 Å². The third kappa shape index (κ3) is 3.93. The molecule has 1 rings (SSSR count). The van der Waals surface area contributed by atoms with Crippen LogP contribution in [0.25, 0.3) is 0 Å². The molecule has 0 aromatic rings. The molecule has 0 radical (unpaired) electrons. The van der Waals surface area contributed by atoms with Crippen LogP contribution in [0.3, 0.4) is 0 Å². The second-order valence-corrected chi connectivity index (χ2v) is 3.35. The Hall–Kier alpha value is -0.280. The molecule has 3 nitrogen and oxygen atoms in total. The van der Waals surface area contributed by atoms with Gasteiger partial charge in [-0.25, -0.2) is 0 Å². The van der Waals surface area contributed by atoms with E-state index in [9.17, 15) is 4.79 Å². The van der Waals surface area contributed by atoms with Crippen molar-refractivity contribution in [1.82, 2.24) is 4.90 Å². The number of carboxylic acid groups (broad SMARTS) is 1. The number of rotatable bonds is 2. The van der Waals surface area contributed by atoms with E-state index in [1.165, 1.54) is 0 Å². The minimum atomic E-state index is -0.709. The SMILES string of the molecule is CC1CCN(CC(=O)O)CC1.Cl. The molecule has 0 aromatic heterocycles. The Balaban J connectivity index is 0.00000121. The second-order valence-electron chi connectivity index (χ2n) is 3.35. The minimum Gasteiger partial charge on any atom is -0.480 e. The number of likely N-dealkylation sites (tertiary alicyclic amines) is 1. The van der Waals surface area contributed by atoms with E-state index in [1.807, 2.05) is 4.90 Å². The highest BCUT2D eigenvalue weighted by atomic mass is 35.5. The van der Waals surface area contributed by atoms with Crippen molar-refractivity contribution in [2.24, 2.45) is 5.92 Å². The zero-order chi connectivity index (χ0) is 8.27. The fourth-order valence-corrected chi connectivity index (χ4v) is 1.41. The van der Waals surface area contributed by atoms with Crippen molar-refractivity contribution in [3.05, 3.63) is 0 Å². The number of hydrogen-bond donors (Lipinski definition) is 1. The zero-order valence-corrected chi connectivity index (χ0v) is 8.14. The Labute approximate surface area is 79.2 Å². The molecule has 0 atom stereocenters. The van der Waals surface area contributed by atoms with E-state index in [0.717, 1.165) is 31.8 Å². The maximum Gasteiger partial charge on any atom is 0.317 e. The molecule has 0 spiro atoms. The largest absolute Gasteiger partial charge is 0.480 e. The molecule has 12 heavy (non-hydrogen) atoms. The fraction of sp³-hybridized carbons (Fsp3) is 0.875. The maximum atomic E-state index is 10.3. The molecule has 1 heterocycles. The van der Waals surface area contributed by atoms with E-state index in [1.54, 1.807) is 0 Å². The molecule has 1 aliphatic heterocycles. The zero-order valence-electron chi connectivity index (χ0n) is 7.32. The van der Waals surface area contributed by atoms with Crippen molar-refractivity contribution in [3.63, 3.8) is 0 Å².